The molecule has 0 aliphatic carbocycles. The molecule has 1 aliphatic rings. The normalized spacial score (nSPS) is 21.2. The van der Waals surface area contributed by atoms with E-state index in [0.29, 0.717) is 23.2 Å². The molecule has 3 nitrogen and oxygen atoms in total. The van der Waals surface area contributed by atoms with Crippen LogP contribution in [0.3, 0.4) is 0 Å². The Bertz CT molecular complexity index is 542. The number of hydrogen-bond acceptors (Lipinski definition) is 2. The van der Waals surface area contributed by atoms with E-state index in [9.17, 15) is 8.42 Å². The summed E-state index contributed by atoms with van der Waals surface area (Å²) >= 11 is 5.78. The lowest BCUT2D eigenvalue weighted by Gasteiger charge is -2.27. The number of alkyl halides is 1. The smallest absolute Gasteiger partial charge is 0.207 e. The maximum Gasteiger partial charge on any atom is 0.243 e. The van der Waals surface area contributed by atoms with Crippen molar-refractivity contribution in [1.82, 2.24) is 4.31 Å². The highest BCUT2D eigenvalue weighted by molar-refractivity contribution is 7.89. The van der Waals surface area contributed by atoms with Gasteiger partial charge in [-0.25, -0.2) is 8.42 Å². The number of sulfonamides is 1. The average molecular weight is 302 g/mol. The van der Waals surface area contributed by atoms with Crippen molar-refractivity contribution in [2.45, 2.75) is 43.5 Å². The molecule has 0 saturated carbocycles. The van der Waals surface area contributed by atoms with Gasteiger partial charge in [-0.05, 0) is 36.5 Å². The van der Waals surface area contributed by atoms with Gasteiger partial charge in [-0.3, -0.25) is 0 Å². The zero-order valence-corrected chi connectivity index (χ0v) is 12.9. The molecule has 0 amide bonds. The van der Waals surface area contributed by atoms with Gasteiger partial charge in [0.1, 0.15) is 0 Å². The van der Waals surface area contributed by atoms with Gasteiger partial charge in [-0.15, -0.1) is 11.6 Å². The van der Waals surface area contributed by atoms with E-state index >= 15 is 0 Å². The molecule has 0 radical (unpaired) electrons. The van der Waals surface area contributed by atoms with Crippen LogP contribution in [0.15, 0.2) is 29.2 Å². The van der Waals surface area contributed by atoms with Gasteiger partial charge in [-0.1, -0.05) is 26.0 Å². The lowest BCUT2D eigenvalue weighted by atomic mass is 10.0. The second-order valence-electron chi connectivity index (χ2n) is 5.35. The zero-order valence-electron chi connectivity index (χ0n) is 11.3. The molecule has 106 valence electrons. The van der Waals surface area contributed by atoms with Crippen molar-refractivity contribution in [2.24, 2.45) is 5.92 Å². The minimum atomic E-state index is -3.39. The Morgan fingerprint density at radius 3 is 2.79 bits per heavy atom. The first kappa shape index (κ1) is 14.8. The van der Waals surface area contributed by atoms with E-state index in [0.717, 1.165) is 18.4 Å². The van der Waals surface area contributed by atoms with Gasteiger partial charge < -0.3 is 0 Å². The first-order valence-corrected chi connectivity index (χ1v) is 8.61. The molecule has 1 aliphatic heterocycles. The predicted molar refractivity (Wildman–Crippen MR) is 77.8 cm³/mol. The van der Waals surface area contributed by atoms with Crippen molar-refractivity contribution in [1.29, 1.82) is 0 Å². The summed E-state index contributed by atoms with van der Waals surface area (Å²) < 4.78 is 27.1. The van der Waals surface area contributed by atoms with Crippen molar-refractivity contribution >= 4 is 21.6 Å². The van der Waals surface area contributed by atoms with E-state index in [1.54, 1.807) is 22.5 Å². The summed E-state index contributed by atoms with van der Waals surface area (Å²) in [6, 6.07) is 7.05. The summed E-state index contributed by atoms with van der Waals surface area (Å²) in [7, 11) is -3.39. The van der Waals surface area contributed by atoms with E-state index in [1.165, 1.54) is 0 Å². The van der Waals surface area contributed by atoms with Crippen molar-refractivity contribution < 1.29 is 8.42 Å². The summed E-state index contributed by atoms with van der Waals surface area (Å²) in [6.45, 7) is 4.78. The third-order valence-electron chi connectivity index (χ3n) is 3.68. The molecule has 1 aromatic rings. The summed E-state index contributed by atoms with van der Waals surface area (Å²) in [5.74, 6) is 0.672. The van der Waals surface area contributed by atoms with Gasteiger partial charge in [0.15, 0.2) is 0 Å². The molecule has 0 bridgehead atoms. The minimum absolute atomic E-state index is 0.115. The number of nitrogens with zero attached hydrogens (tertiary/aromatic N) is 1. The van der Waals surface area contributed by atoms with Crippen LogP contribution in [0, 0.1) is 5.92 Å². The standard InChI is InChI=1S/C14H20ClNO2S/c1-11(2)14-7-4-8-16(14)19(17,18)13-6-3-5-12(9-13)10-15/h3,5-6,9,11,14H,4,7-8,10H2,1-2H3. The Morgan fingerprint density at radius 1 is 1.42 bits per heavy atom. The molecular weight excluding hydrogens is 282 g/mol. The highest BCUT2D eigenvalue weighted by Crippen LogP contribution is 2.30. The third kappa shape index (κ3) is 2.96. The van der Waals surface area contributed by atoms with Crippen molar-refractivity contribution in [2.75, 3.05) is 6.54 Å². The minimum Gasteiger partial charge on any atom is -0.207 e. The SMILES string of the molecule is CC(C)C1CCCN1S(=O)(=O)c1cccc(CCl)c1. The van der Waals surface area contributed by atoms with E-state index < -0.39 is 10.0 Å². The molecule has 1 heterocycles. The van der Waals surface area contributed by atoms with Gasteiger partial charge >= 0.3 is 0 Å². The molecule has 0 aromatic heterocycles. The van der Waals surface area contributed by atoms with Crippen LogP contribution in [-0.2, 0) is 15.9 Å². The highest BCUT2D eigenvalue weighted by Gasteiger charge is 2.36. The molecular formula is C14H20ClNO2S. The maximum absolute atomic E-state index is 12.7. The third-order valence-corrected chi connectivity index (χ3v) is 5.91. The molecule has 2 rings (SSSR count). The topological polar surface area (TPSA) is 37.4 Å². The predicted octanol–water partition coefficient (Wildman–Crippen LogP) is 3.23. The van der Waals surface area contributed by atoms with Gasteiger partial charge in [-0.2, -0.15) is 4.31 Å². The first-order chi connectivity index (χ1) is 8.96. The van der Waals surface area contributed by atoms with Crippen LogP contribution in [-0.4, -0.2) is 25.3 Å². The van der Waals surface area contributed by atoms with E-state index in [1.807, 2.05) is 6.07 Å². The van der Waals surface area contributed by atoms with Crippen LogP contribution in [0.5, 0.6) is 0 Å². The Morgan fingerprint density at radius 2 is 2.16 bits per heavy atom. The van der Waals surface area contributed by atoms with Crippen molar-refractivity contribution in [3.63, 3.8) is 0 Å². The highest BCUT2D eigenvalue weighted by atomic mass is 35.5. The fourth-order valence-corrected chi connectivity index (χ4v) is 4.72. The van der Waals surface area contributed by atoms with E-state index in [2.05, 4.69) is 13.8 Å². The lowest BCUT2D eigenvalue weighted by molar-refractivity contribution is 0.316. The number of benzene rings is 1. The maximum atomic E-state index is 12.7. The molecule has 19 heavy (non-hydrogen) atoms. The largest absolute Gasteiger partial charge is 0.243 e. The molecule has 1 aromatic carbocycles. The molecule has 1 atom stereocenters. The second kappa shape index (κ2) is 5.81. The van der Waals surface area contributed by atoms with E-state index in [4.69, 9.17) is 11.6 Å². The Hall–Kier alpha value is -0.580. The van der Waals surface area contributed by atoms with Crippen LogP contribution < -0.4 is 0 Å². The zero-order chi connectivity index (χ0) is 14.0. The molecule has 1 saturated heterocycles. The van der Waals surface area contributed by atoms with Crippen LogP contribution in [0.2, 0.25) is 0 Å². The summed E-state index contributed by atoms with van der Waals surface area (Å²) in [5.41, 5.74) is 0.836. The number of hydrogen-bond donors (Lipinski definition) is 0. The molecule has 1 unspecified atom stereocenters. The number of halogens is 1. The summed E-state index contributed by atoms with van der Waals surface area (Å²) in [5, 5.41) is 0. The number of rotatable bonds is 4. The lowest BCUT2D eigenvalue weighted by Crippen LogP contribution is -2.38. The molecule has 0 spiro atoms. The average Bonchev–Trinajstić information content (AvgIpc) is 2.89. The monoisotopic (exact) mass is 301 g/mol. The van der Waals surface area contributed by atoms with Crippen molar-refractivity contribution in [3.8, 4) is 0 Å². The van der Waals surface area contributed by atoms with Crippen LogP contribution in [0.1, 0.15) is 32.3 Å². The van der Waals surface area contributed by atoms with Crippen molar-refractivity contribution in [3.05, 3.63) is 29.8 Å². The van der Waals surface area contributed by atoms with Gasteiger partial charge in [0.2, 0.25) is 10.0 Å². The Kier molecular flexibility index (Phi) is 4.54. The van der Waals surface area contributed by atoms with Gasteiger partial charge in [0.05, 0.1) is 4.90 Å². The summed E-state index contributed by atoms with van der Waals surface area (Å²) in [6.07, 6.45) is 1.89. The molecule has 0 N–H and O–H groups in total. The fraction of sp³-hybridized carbons (Fsp3) is 0.571. The first-order valence-electron chi connectivity index (χ1n) is 6.63. The Labute approximate surface area is 120 Å². The quantitative estimate of drug-likeness (QED) is 0.801. The van der Waals surface area contributed by atoms with Crippen LogP contribution in [0.4, 0.5) is 0 Å². The summed E-state index contributed by atoms with van der Waals surface area (Å²) in [4.78, 5) is 0.359. The second-order valence-corrected chi connectivity index (χ2v) is 7.51. The molecule has 1 fully saturated rings. The fourth-order valence-electron chi connectivity index (χ4n) is 2.65. The van der Waals surface area contributed by atoms with Crippen LogP contribution in [0.25, 0.3) is 0 Å². The van der Waals surface area contributed by atoms with Gasteiger partial charge in [0.25, 0.3) is 0 Å². The van der Waals surface area contributed by atoms with Crippen LogP contribution >= 0.6 is 11.6 Å². The van der Waals surface area contributed by atoms with E-state index in [-0.39, 0.29) is 6.04 Å². The van der Waals surface area contributed by atoms with Gasteiger partial charge in [0, 0.05) is 18.5 Å². The molecule has 5 heteroatoms. The Balaban J connectivity index is 2.36.